The molecule has 0 bridgehead atoms. The van der Waals surface area contributed by atoms with Gasteiger partial charge in [0.1, 0.15) is 29.5 Å². The summed E-state index contributed by atoms with van der Waals surface area (Å²) in [5.74, 6) is 4.68. The maximum absolute atomic E-state index is 14.1. The number of aromatic nitrogens is 4. The Labute approximate surface area is 204 Å². The largest absolute Gasteiger partial charge is 0.497 e. The molecule has 1 saturated carbocycles. The van der Waals surface area contributed by atoms with Gasteiger partial charge < -0.3 is 19.7 Å². The zero-order valence-electron chi connectivity index (χ0n) is 20.2. The van der Waals surface area contributed by atoms with E-state index in [1.165, 1.54) is 12.1 Å². The Hall–Kier alpha value is -3.64. The molecule has 2 fully saturated rings. The van der Waals surface area contributed by atoms with Crippen molar-refractivity contribution < 1.29 is 13.9 Å². The first-order chi connectivity index (χ1) is 16.9. The van der Waals surface area contributed by atoms with Crippen LogP contribution in [0.5, 0.6) is 11.5 Å². The fourth-order valence-corrected chi connectivity index (χ4v) is 5.72. The van der Waals surface area contributed by atoms with Crippen molar-refractivity contribution in [3.05, 3.63) is 53.6 Å². The Morgan fingerprint density at radius 3 is 2.89 bits per heavy atom. The molecular formula is C26H29FN6O2. The Morgan fingerprint density at radius 1 is 1.26 bits per heavy atom. The summed E-state index contributed by atoms with van der Waals surface area (Å²) in [5, 5.41) is 16.8. The molecule has 1 aliphatic carbocycles. The molecule has 1 N–H and O–H groups in total. The number of nitrogens with zero attached hydrogens (tertiary/aromatic N) is 5. The number of aryl methyl sites for hydroxylation is 1. The molecule has 1 aromatic heterocycles. The number of methoxy groups -OCH3 is 1. The number of hydrogen-bond acceptors (Lipinski definition) is 7. The minimum Gasteiger partial charge on any atom is -0.497 e. The van der Waals surface area contributed by atoms with Gasteiger partial charge in [-0.25, -0.2) is 4.39 Å². The predicted molar refractivity (Wildman–Crippen MR) is 130 cm³/mol. The monoisotopic (exact) mass is 476 g/mol. The van der Waals surface area contributed by atoms with Crippen molar-refractivity contribution in [1.82, 2.24) is 25.1 Å². The van der Waals surface area contributed by atoms with Crippen LogP contribution in [0.15, 0.2) is 36.4 Å². The summed E-state index contributed by atoms with van der Waals surface area (Å²) in [6.45, 7) is 3.97. The van der Waals surface area contributed by atoms with Crippen LogP contribution in [0.3, 0.4) is 0 Å². The molecule has 0 radical (unpaired) electrons. The number of ether oxygens (including phenoxy) is 2. The summed E-state index contributed by atoms with van der Waals surface area (Å²) in [6.07, 6.45) is 7.26. The topological polar surface area (TPSA) is 77.3 Å². The minimum absolute atomic E-state index is 0.0444. The van der Waals surface area contributed by atoms with Gasteiger partial charge >= 0.3 is 0 Å². The standard InChI is InChI=1S/C26H29FN6O2/c1-5-12-35-24-14-19(27)6-8-22(24)28-26(11-10-18-15-32(3)16-21(18)26)25-29-30-31-33(25)23-9-7-20(34-4)13-17(23)2/h1,6-9,13-14,18,21,28H,10-12,15-16H2,2-4H3/t18-,21+,26?/m1/s1. The Morgan fingerprint density at radius 2 is 2.11 bits per heavy atom. The van der Waals surface area contributed by atoms with E-state index in [2.05, 4.69) is 38.7 Å². The van der Waals surface area contributed by atoms with E-state index in [0.29, 0.717) is 17.4 Å². The lowest BCUT2D eigenvalue weighted by Gasteiger charge is -2.36. The van der Waals surface area contributed by atoms with Gasteiger partial charge in [0.2, 0.25) is 0 Å². The van der Waals surface area contributed by atoms with Crippen LogP contribution in [-0.2, 0) is 5.54 Å². The molecule has 3 aromatic rings. The van der Waals surface area contributed by atoms with Gasteiger partial charge in [0.25, 0.3) is 0 Å². The summed E-state index contributed by atoms with van der Waals surface area (Å²) in [6, 6.07) is 10.3. The Kier molecular flexibility index (Phi) is 6.07. The van der Waals surface area contributed by atoms with Crippen molar-refractivity contribution in [2.24, 2.45) is 11.8 Å². The van der Waals surface area contributed by atoms with E-state index in [-0.39, 0.29) is 18.3 Å². The SMILES string of the molecule is C#CCOc1cc(F)ccc1NC1(c2nnnn2-c2ccc(OC)cc2C)CC[C@@H]2CN(C)C[C@@H]21. The van der Waals surface area contributed by atoms with E-state index in [9.17, 15) is 4.39 Å². The highest BCUT2D eigenvalue weighted by Crippen LogP contribution is 2.52. The van der Waals surface area contributed by atoms with E-state index in [1.54, 1.807) is 13.2 Å². The summed E-state index contributed by atoms with van der Waals surface area (Å²) in [7, 11) is 3.78. The number of rotatable bonds is 7. The zero-order chi connectivity index (χ0) is 24.6. The molecule has 1 aliphatic heterocycles. The Balaban J connectivity index is 1.63. The molecule has 2 aromatic carbocycles. The van der Waals surface area contributed by atoms with E-state index in [4.69, 9.17) is 15.9 Å². The van der Waals surface area contributed by atoms with E-state index >= 15 is 0 Å². The van der Waals surface area contributed by atoms with Crippen LogP contribution < -0.4 is 14.8 Å². The highest BCUT2D eigenvalue weighted by molar-refractivity contribution is 5.59. The molecule has 5 rings (SSSR count). The van der Waals surface area contributed by atoms with Gasteiger partial charge in [0.15, 0.2) is 5.82 Å². The van der Waals surface area contributed by atoms with E-state index in [1.807, 2.05) is 29.8 Å². The van der Waals surface area contributed by atoms with Gasteiger partial charge in [-0.05, 0) is 79.1 Å². The normalized spacial score (nSPS) is 23.6. The van der Waals surface area contributed by atoms with Crippen molar-refractivity contribution in [1.29, 1.82) is 0 Å². The quantitative estimate of drug-likeness (QED) is 0.524. The number of terminal acetylenes is 1. The zero-order valence-corrected chi connectivity index (χ0v) is 20.2. The van der Waals surface area contributed by atoms with Gasteiger partial charge in [0.05, 0.1) is 18.5 Å². The third kappa shape index (κ3) is 4.08. The average Bonchev–Trinajstić information content (AvgIpc) is 3.55. The second kappa shape index (κ2) is 9.19. The van der Waals surface area contributed by atoms with Crippen molar-refractivity contribution in [2.75, 3.05) is 39.2 Å². The fourth-order valence-electron chi connectivity index (χ4n) is 5.72. The van der Waals surface area contributed by atoms with Gasteiger partial charge in [-0.1, -0.05) is 5.92 Å². The number of fused-ring (bicyclic) bond motifs is 1. The number of hydrogen-bond donors (Lipinski definition) is 1. The lowest BCUT2D eigenvalue weighted by Crippen LogP contribution is -2.44. The molecule has 3 atom stereocenters. The van der Waals surface area contributed by atoms with Crippen LogP contribution in [0.4, 0.5) is 10.1 Å². The summed E-state index contributed by atoms with van der Waals surface area (Å²) in [5.41, 5.74) is 1.95. The third-order valence-corrected chi connectivity index (χ3v) is 7.28. The molecule has 2 aliphatic rings. The number of likely N-dealkylation sites (tertiary alicyclic amines) is 1. The first-order valence-electron chi connectivity index (χ1n) is 11.7. The fraction of sp³-hybridized carbons (Fsp3) is 0.423. The second-order valence-electron chi connectivity index (χ2n) is 9.42. The Bertz CT molecular complexity index is 1270. The lowest BCUT2D eigenvalue weighted by atomic mass is 9.83. The number of halogens is 1. The van der Waals surface area contributed by atoms with Crippen molar-refractivity contribution in [3.63, 3.8) is 0 Å². The highest BCUT2D eigenvalue weighted by atomic mass is 19.1. The van der Waals surface area contributed by atoms with Crippen molar-refractivity contribution in [2.45, 2.75) is 25.3 Å². The van der Waals surface area contributed by atoms with Gasteiger partial charge in [-0.2, -0.15) is 4.68 Å². The predicted octanol–water partition coefficient (Wildman–Crippen LogP) is 3.41. The number of anilines is 1. The molecule has 2 heterocycles. The number of benzene rings is 2. The lowest BCUT2D eigenvalue weighted by molar-refractivity contribution is 0.293. The number of tetrazole rings is 1. The van der Waals surface area contributed by atoms with Crippen LogP contribution in [0, 0.1) is 36.9 Å². The molecule has 1 unspecified atom stereocenters. The second-order valence-corrected chi connectivity index (χ2v) is 9.42. The maximum Gasteiger partial charge on any atom is 0.182 e. The van der Waals surface area contributed by atoms with Crippen LogP contribution in [0.1, 0.15) is 24.2 Å². The van der Waals surface area contributed by atoms with Crippen LogP contribution in [-0.4, -0.2) is 59.0 Å². The highest BCUT2D eigenvalue weighted by Gasteiger charge is 2.56. The number of nitrogens with one attached hydrogen (secondary N) is 1. The van der Waals surface area contributed by atoms with Crippen molar-refractivity contribution in [3.8, 4) is 29.5 Å². The molecule has 0 amide bonds. The average molecular weight is 477 g/mol. The van der Waals surface area contributed by atoms with Crippen LogP contribution in [0.25, 0.3) is 5.69 Å². The van der Waals surface area contributed by atoms with Gasteiger partial charge in [0, 0.05) is 25.1 Å². The first-order valence-corrected chi connectivity index (χ1v) is 11.7. The first kappa shape index (κ1) is 23.1. The van der Waals surface area contributed by atoms with Crippen LogP contribution >= 0.6 is 0 Å². The molecule has 182 valence electrons. The van der Waals surface area contributed by atoms with Gasteiger partial charge in [-0.3, -0.25) is 0 Å². The molecule has 9 heteroatoms. The van der Waals surface area contributed by atoms with Crippen LogP contribution in [0.2, 0.25) is 0 Å². The molecule has 1 saturated heterocycles. The third-order valence-electron chi connectivity index (χ3n) is 7.28. The summed E-state index contributed by atoms with van der Waals surface area (Å²) < 4.78 is 27.0. The molecule has 0 spiro atoms. The van der Waals surface area contributed by atoms with E-state index < -0.39 is 5.54 Å². The maximum atomic E-state index is 14.1. The van der Waals surface area contributed by atoms with Crippen molar-refractivity contribution >= 4 is 5.69 Å². The van der Waals surface area contributed by atoms with Gasteiger partial charge in [-0.15, -0.1) is 11.5 Å². The van der Waals surface area contributed by atoms with E-state index in [0.717, 1.165) is 48.8 Å². The molecule has 35 heavy (non-hydrogen) atoms. The smallest absolute Gasteiger partial charge is 0.182 e. The summed E-state index contributed by atoms with van der Waals surface area (Å²) in [4.78, 5) is 2.35. The molecular weight excluding hydrogens is 447 g/mol. The molecule has 8 nitrogen and oxygen atoms in total. The minimum atomic E-state index is -0.586. The summed E-state index contributed by atoms with van der Waals surface area (Å²) >= 11 is 0.